The maximum absolute atomic E-state index is 15.8. The summed E-state index contributed by atoms with van der Waals surface area (Å²) in [5, 5.41) is 3.20. The molecule has 3 aromatic carbocycles. The van der Waals surface area contributed by atoms with Crippen molar-refractivity contribution in [1.29, 1.82) is 0 Å². The summed E-state index contributed by atoms with van der Waals surface area (Å²) in [7, 11) is -4.36. The Hall–Kier alpha value is -6.31. The fourth-order valence-electron chi connectivity index (χ4n) is 10.1. The fourth-order valence-corrected chi connectivity index (χ4v) is 11.4. The van der Waals surface area contributed by atoms with E-state index in [1.807, 2.05) is 48.0 Å². The predicted octanol–water partition coefficient (Wildman–Crippen LogP) is 5.74. The van der Waals surface area contributed by atoms with E-state index in [4.69, 9.17) is 0 Å². The number of hydrogen-bond acceptors (Lipinski definition) is 10. The van der Waals surface area contributed by atoms with Gasteiger partial charge in [0.05, 0.1) is 22.4 Å². The third kappa shape index (κ3) is 8.52. The molecular formula is C48H50F3N9O6S. The Morgan fingerprint density at radius 1 is 0.806 bits per heavy atom. The normalized spacial score (nSPS) is 22.2. The number of rotatable bonds is 11. The standard InChI is InChI=1S/C48H50F3N9O6S/c1-28-2-11-41(46(62)54-28)60-47(63)35-8-7-34(23-37(35)48(60)64)58-20-18-56(19-21-58)26-29-12-15-57(16-13-29)33-5-3-30(4-6-33)31-22-36-38(25-53-45(36)52-24-31)44(61)42-39(50)9-10-40(43(42)51)55-67(65,66)59-17-14-32(49)27-59/h3-10,22-25,28-29,32,41,55H,2,11-21,26-27H2,1H3,(H,52,53)(H,54,62)/t28?,32-,41?/m1/s1. The molecule has 3 N–H and O–H groups in total. The summed E-state index contributed by atoms with van der Waals surface area (Å²) in [6.07, 6.45) is 4.85. The lowest BCUT2D eigenvalue weighted by atomic mass is 9.95. The molecule has 5 aliphatic rings. The third-order valence-corrected chi connectivity index (χ3v) is 15.5. The molecule has 0 spiro atoms. The van der Waals surface area contributed by atoms with Crippen molar-refractivity contribution < 1.29 is 40.8 Å². The Bertz CT molecular complexity index is 2900. The fraction of sp³-hybridized carbons (Fsp3) is 0.396. The molecule has 5 aliphatic heterocycles. The number of fused-ring (bicyclic) bond motifs is 2. The highest BCUT2D eigenvalue weighted by Crippen LogP contribution is 2.34. The quantitative estimate of drug-likeness (QED) is 0.110. The number of nitrogens with zero attached hydrogens (tertiary/aromatic N) is 6. The molecule has 7 heterocycles. The number of nitrogens with one attached hydrogen (secondary N) is 3. The average molecular weight is 938 g/mol. The van der Waals surface area contributed by atoms with Gasteiger partial charge in [-0.15, -0.1) is 0 Å². The van der Waals surface area contributed by atoms with E-state index in [-0.39, 0.29) is 37.0 Å². The van der Waals surface area contributed by atoms with Crippen LogP contribution in [0, 0.1) is 17.6 Å². The molecule has 10 rings (SSSR count). The van der Waals surface area contributed by atoms with Crippen molar-refractivity contribution in [3.8, 4) is 11.1 Å². The van der Waals surface area contributed by atoms with E-state index in [9.17, 15) is 32.0 Å². The minimum atomic E-state index is -4.36. The zero-order valence-electron chi connectivity index (χ0n) is 36.8. The van der Waals surface area contributed by atoms with Crippen molar-refractivity contribution >= 4 is 61.8 Å². The summed E-state index contributed by atoms with van der Waals surface area (Å²) < 4.78 is 73.1. The first-order valence-electron chi connectivity index (χ1n) is 22.8. The van der Waals surface area contributed by atoms with Crippen molar-refractivity contribution in [2.24, 2.45) is 5.92 Å². The second-order valence-electron chi connectivity index (χ2n) is 18.3. The van der Waals surface area contributed by atoms with E-state index in [0.717, 1.165) is 96.9 Å². The van der Waals surface area contributed by atoms with E-state index in [0.29, 0.717) is 46.5 Å². The van der Waals surface area contributed by atoms with Crippen LogP contribution in [0.1, 0.15) is 75.7 Å². The van der Waals surface area contributed by atoms with Crippen LogP contribution in [0.3, 0.4) is 0 Å². The molecule has 15 nitrogen and oxygen atoms in total. The van der Waals surface area contributed by atoms with Crippen LogP contribution in [0.25, 0.3) is 22.2 Å². The van der Waals surface area contributed by atoms with E-state index in [1.165, 1.54) is 6.20 Å². The largest absolute Gasteiger partial charge is 0.372 e. The highest BCUT2D eigenvalue weighted by molar-refractivity contribution is 7.90. The second kappa shape index (κ2) is 17.7. The van der Waals surface area contributed by atoms with Crippen LogP contribution in [0.4, 0.5) is 30.2 Å². The minimum Gasteiger partial charge on any atom is -0.372 e. The molecule has 3 amide bonds. The summed E-state index contributed by atoms with van der Waals surface area (Å²) in [5.41, 5.74) is 2.90. The molecule has 2 aromatic heterocycles. The molecule has 3 atom stereocenters. The lowest BCUT2D eigenvalue weighted by Crippen LogP contribution is -2.54. The van der Waals surface area contributed by atoms with Gasteiger partial charge in [-0.25, -0.2) is 18.2 Å². The van der Waals surface area contributed by atoms with Crippen LogP contribution in [-0.2, 0) is 15.0 Å². The number of ketones is 1. The van der Waals surface area contributed by atoms with Crippen LogP contribution in [0.2, 0.25) is 0 Å². The topological polar surface area (TPSA) is 171 Å². The lowest BCUT2D eigenvalue weighted by molar-refractivity contribution is -0.127. The van der Waals surface area contributed by atoms with E-state index >= 15 is 8.78 Å². The van der Waals surface area contributed by atoms with Gasteiger partial charge in [-0.05, 0) is 99.0 Å². The first-order chi connectivity index (χ1) is 32.2. The zero-order valence-corrected chi connectivity index (χ0v) is 37.6. The first-order valence-corrected chi connectivity index (χ1v) is 24.2. The third-order valence-electron chi connectivity index (χ3n) is 14.0. The molecular weight excluding hydrogens is 888 g/mol. The van der Waals surface area contributed by atoms with Crippen LogP contribution >= 0.6 is 0 Å². The lowest BCUT2D eigenvalue weighted by Gasteiger charge is -2.40. The van der Waals surface area contributed by atoms with Gasteiger partial charge in [-0.3, -0.25) is 33.7 Å². The molecule has 0 bridgehead atoms. The first kappa shape index (κ1) is 44.5. The number of pyridine rings is 1. The molecule has 19 heteroatoms. The number of carbonyl (C=O) groups is 4. The number of benzene rings is 3. The number of aromatic nitrogens is 2. The number of aromatic amines is 1. The molecule has 0 radical (unpaired) electrons. The number of hydrogen-bond donors (Lipinski definition) is 3. The van der Waals surface area contributed by atoms with Gasteiger partial charge >= 0.3 is 10.2 Å². The molecule has 0 saturated carbocycles. The summed E-state index contributed by atoms with van der Waals surface area (Å²) in [6.45, 7) is 7.58. The van der Waals surface area contributed by atoms with Gasteiger partial charge in [0.15, 0.2) is 5.82 Å². The number of anilines is 3. The van der Waals surface area contributed by atoms with E-state index in [1.54, 1.807) is 18.3 Å². The minimum absolute atomic E-state index is 0.00191. The molecule has 67 heavy (non-hydrogen) atoms. The number of piperazine rings is 1. The molecule has 4 saturated heterocycles. The number of carbonyl (C=O) groups excluding carboxylic acids is 4. The van der Waals surface area contributed by atoms with Crippen molar-refractivity contribution in [1.82, 2.24) is 29.4 Å². The van der Waals surface area contributed by atoms with Gasteiger partial charge in [0, 0.05) is 105 Å². The van der Waals surface area contributed by atoms with Crippen molar-refractivity contribution in [3.05, 3.63) is 107 Å². The average Bonchev–Trinajstić information content (AvgIpc) is 4.03. The summed E-state index contributed by atoms with van der Waals surface area (Å²) in [6, 6.07) is 16.1. The van der Waals surface area contributed by atoms with Gasteiger partial charge in [0.25, 0.3) is 11.8 Å². The molecule has 5 aromatic rings. The van der Waals surface area contributed by atoms with Crippen LogP contribution < -0.4 is 19.8 Å². The van der Waals surface area contributed by atoms with Crippen molar-refractivity contribution in [2.75, 3.05) is 73.4 Å². The molecule has 350 valence electrons. The van der Waals surface area contributed by atoms with Gasteiger partial charge in [0.2, 0.25) is 11.7 Å². The van der Waals surface area contributed by atoms with Gasteiger partial charge in [0.1, 0.15) is 23.7 Å². The Balaban J connectivity index is 0.733. The highest BCUT2D eigenvalue weighted by Gasteiger charge is 2.44. The number of amides is 3. The van der Waals surface area contributed by atoms with Gasteiger partial charge in [-0.2, -0.15) is 12.7 Å². The Morgan fingerprint density at radius 3 is 2.24 bits per heavy atom. The summed E-state index contributed by atoms with van der Waals surface area (Å²) in [4.78, 5) is 68.7. The van der Waals surface area contributed by atoms with Crippen molar-refractivity contribution in [3.63, 3.8) is 0 Å². The second-order valence-corrected chi connectivity index (χ2v) is 19.9. The van der Waals surface area contributed by atoms with Crippen LogP contribution in [-0.4, -0.2) is 133 Å². The molecule has 2 unspecified atom stereocenters. The van der Waals surface area contributed by atoms with Crippen LogP contribution in [0.5, 0.6) is 0 Å². The maximum Gasteiger partial charge on any atom is 0.301 e. The van der Waals surface area contributed by atoms with E-state index in [2.05, 4.69) is 30.0 Å². The zero-order chi connectivity index (χ0) is 46.7. The molecule has 4 fully saturated rings. The summed E-state index contributed by atoms with van der Waals surface area (Å²) >= 11 is 0. The monoisotopic (exact) mass is 937 g/mol. The van der Waals surface area contributed by atoms with Crippen molar-refractivity contribution in [2.45, 2.75) is 57.3 Å². The van der Waals surface area contributed by atoms with Gasteiger partial charge < -0.3 is 20.1 Å². The molecule has 0 aliphatic carbocycles. The number of piperidine rings is 2. The number of alkyl halides is 1. The number of H-pyrrole nitrogens is 1. The smallest absolute Gasteiger partial charge is 0.301 e. The summed E-state index contributed by atoms with van der Waals surface area (Å²) in [5.74, 6) is -4.11. The van der Waals surface area contributed by atoms with E-state index < -0.39 is 62.9 Å². The Kier molecular flexibility index (Phi) is 11.8. The van der Waals surface area contributed by atoms with Crippen LogP contribution in [0.15, 0.2) is 73.1 Å². The Labute approximate surface area is 385 Å². The highest BCUT2D eigenvalue weighted by atomic mass is 32.2. The Morgan fingerprint density at radius 2 is 1.52 bits per heavy atom. The number of imide groups is 1. The SMILES string of the molecule is CC1CCC(N2C(=O)c3ccc(N4CCN(CC5CCN(c6ccc(-c7cnc8[nH]cc(C(=O)c9c(F)ccc(NS(=O)(=O)N%10CC[C@@H](F)C%10)c9F)c8c7)cc6)CC5)CC4)cc3C2=O)C(=O)N1. The predicted molar refractivity (Wildman–Crippen MR) is 246 cm³/mol. The maximum atomic E-state index is 15.8. The number of halogens is 3. The van der Waals surface area contributed by atoms with Gasteiger partial charge in [-0.1, -0.05) is 12.1 Å².